The molecule has 0 aliphatic carbocycles. The maximum atomic E-state index is 12.9. The lowest BCUT2D eigenvalue weighted by atomic mass is 10.0. The lowest BCUT2D eigenvalue weighted by molar-refractivity contribution is -0.161. The molecule has 2 unspecified atom stereocenters. The normalized spacial score (nSPS) is 14.4. The highest BCUT2D eigenvalue weighted by atomic mass is 31.2. The van der Waals surface area contributed by atoms with Crippen molar-refractivity contribution in [2.24, 2.45) is 11.8 Å². The van der Waals surface area contributed by atoms with E-state index < -0.39 is 97.5 Å². The molecule has 0 aromatic rings. The first kappa shape index (κ1) is 77.1. The van der Waals surface area contributed by atoms with Gasteiger partial charge in [0, 0.05) is 25.7 Å². The van der Waals surface area contributed by atoms with Gasteiger partial charge in [0.2, 0.25) is 0 Å². The van der Waals surface area contributed by atoms with Crippen molar-refractivity contribution < 1.29 is 80.2 Å². The summed E-state index contributed by atoms with van der Waals surface area (Å²) in [5, 5.41) is 10.5. The minimum absolute atomic E-state index is 0.104. The highest BCUT2D eigenvalue weighted by Gasteiger charge is 2.30. The van der Waals surface area contributed by atoms with Crippen molar-refractivity contribution >= 4 is 39.5 Å². The van der Waals surface area contributed by atoms with Gasteiger partial charge in [0.1, 0.15) is 19.3 Å². The molecule has 0 aliphatic rings. The van der Waals surface area contributed by atoms with Crippen LogP contribution < -0.4 is 0 Å². The third kappa shape index (κ3) is 55.0. The summed E-state index contributed by atoms with van der Waals surface area (Å²) in [6.07, 6.45) is 33.8. The summed E-state index contributed by atoms with van der Waals surface area (Å²) >= 11 is 0. The Kier molecular flexibility index (Phi) is 51.5. The van der Waals surface area contributed by atoms with Crippen molar-refractivity contribution in [1.82, 2.24) is 0 Å². The van der Waals surface area contributed by atoms with Crippen molar-refractivity contribution in [3.05, 3.63) is 0 Å². The van der Waals surface area contributed by atoms with Crippen molar-refractivity contribution in [3.63, 3.8) is 0 Å². The molecule has 5 atom stereocenters. The minimum atomic E-state index is -4.94. The minimum Gasteiger partial charge on any atom is -0.462 e. The van der Waals surface area contributed by atoms with Gasteiger partial charge >= 0.3 is 39.5 Å². The smallest absolute Gasteiger partial charge is 0.462 e. The second kappa shape index (κ2) is 52.8. The SMILES string of the molecule is CCCCCCCCCCCC(=O)O[C@H](COC(=O)CCCCCCC)COP(=O)(O)OC[C@H](O)COP(=O)(O)OC[C@@H](COC(=O)CCCCCCCCCCCC(C)C)OC(=O)CCCCCCCCCCCCC(C)C. The molecular weight excluding hydrogens is 1050 g/mol. The van der Waals surface area contributed by atoms with Crippen LogP contribution in [0.1, 0.15) is 292 Å². The van der Waals surface area contributed by atoms with E-state index in [4.69, 9.17) is 37.0 Å². The Morgan fingerprint density at radius 1 is 0.342 bits per heavy atom. The molecule has 0 radical (unpaired) electrons. The molecule has 468 valence electrons. The topological polar surface area (TPSA) is 237 Å². The third-order valence-electron chi connectivity index (χ3n) is 13.7. The molecule has 0 fully saturated rings. The molecule has 0 spiro atoms. The van der Waals surface area contributed by atoms with Crippen LogP contribution in [0, 0.1) is 11.8 Å². The number of carbonyl (C=O) groups excluding carboxylic acids is 4. The number of carbonyl (C=O) groups is 4. The molecule has 0 heterocycles. The number of unbranched alkanes of at least 4 members (excludes halogenated alkanes) is 29. The average molecular weight is 1170 g/mol. The molecule has 79 heavy (non-hydrogen) atoms. The van der Waals surface area contributed by atoms with Crippen LogP contribution in [0.3, 0.4) is 0 Å². The standard InChI is InChI=1S/C60H116O17P2/c1-7-9-11-13-14-18-26-32-38-44-59(64)76-55(48-70-57(62)42-36-28-12-10-8-2)50-74-78(66,67)72-46-54(61)47-73-79(68,69)75-51-56(49-71-58(63)43-37-31-25-22-17-20-24-30-35-41-53(5)6)77-60(65)45-39-33-27-21-16-15-19-23-29-34-40-52(3)4/h52-56,61H,7-51H2,1-6H3,(H,66,67)(H,68,69)/t54-,55+,56+/m0/s1. The molecule has 0 rings (SSSR count). The van der Waals surface area contributed by atoms with E-state index >= 15 is 0 Å². The van der Waals surface area contributed by atoms with Crippen LogP contribution in [0.25, 0.3) is 0 Å². The zero-order chi connectivity index (χ0) is 58.7. The van der Waals surface area contributed by atoms with Gasteiger partial charge in [-0.3, -0.25) is 37.3 Å². The first-order chi connectivity index (χ1) is 37.9. The van der Waals surface area contributed by atoms with E-state index in [1.807, 2.05) is 0 Å². The quantitative estimate of drug-likeness (QED) is 0.0222. The maximum absolute atomic E-state index is 12.9. The number of rotatable bonds is 59. The number of esters is 4. The summed E-state index contributed by atoms with van der Waals surface area (Å²) in [5.41, 5.74) is 0. The number of phosphoric ester groups is 2. The lowest BCUT2D eigenvalue weighted by Crippen LogP contribution is -2.30. The monoisotopic (exact) mass is 1170 g/mol. The highest BCUT2D eigenvalue weighted by molar-refractivity contribution is 7.47. The van der Waals surface area contributed by atoms with Crippen molar-refractivity contribution in [1.29, 1.82) is 0 Å². The Labute approximate surface area is 479 Å². The molecule has 17 nitrogen and oxygen atoms in total. The summed E-state index contributed by atoms with van der Waals surface area (Å²) in [6, 6.07) is 0. The van der Waals surface area contributed by atoms with E-state index in [-0.39, 0.29) is 25.7 Å². The third-order valence-corrected chi connectivity index (χ3v) is 15.6. The first-order valence-corrected chi connectivity index (χ1v) is 34.5. The molecule has 0 amide bonds. The second-order valence-corrected chi connectivity index (χ2v) is 25.6. The second-order valence-electron chi connectivity index (χ2n) is 22.7. The van der Waals surface area contributed by atoms with Gasteiger partial charge in [0.05, 0.1) is 26.4 Å². The predicted molar refractivity (Wildman–Crippen MR) is 312 cm³/mol. The Balaban J connectivity index is 5.19. The van der Waals surface area contributed by atoms with E-state index in [0.29, 0.717) is 25.7 Å². The lowest BCUT2D eigenvalue weighted by Gasteiger charge is -2.21. The molecule has 0 aromatic carbocycles. The van der Waals surface area contributed by atoms with Gasteiger partial charge in [-0.1, -0.05) is 241 Å². The fourth-order valence-corrected chi connectivity index (χ4v) is 10.4. The Hall–Kier alpha value is -1.94. The number of phosphoric acid groups is 2. The van der Waals surface area contributed by atoms with E-state index in [0.717, 1.165) is 108 Å². The maximum Gasteiger partial charge on any atom is 0.472 e. The molecule has 0 bridgehead atoms. The van der Waals surface area contributed by atoms with Gasteiger partial charge in [-0.25, -0.2) is 9.13 Å². The van der Waals surface area contributed by atoms with E-state index in [2.05, 4.69) is 41.5 Å². The van der Waals surface area contributed by atoms with Gasteiger partial charge in [-0.15, -0.1) is 0 Å². The predicted octanol–water partition coefficient (Wildman–Crippen LogP) is 16.1. The Morgan fingerprint density at radius 3 is 0.861 bits per heavy atom. The molecule has 0 aromatic heterocycles. The molecule has 0 saturated carbocycles. The molecule has 19 heteroatoms. The van der Waals surface area contributed by atoms with Crippen LogP contribution in [0.5, 0.6) is 0 Å². The summed E-state index contributed by atoms with van der Waals surface area (Å²) in [6.45, 7) is 9.33. The number of ether oxygens (including phenoxy) is 4. The van der Waals surface area contributed by atoms with E-state index in [1.165, 1.54) is 103 Å². The fourth-order valence-electron chi connectivity index (χ4n) is 8.82. The molecule has 0 saturated heterocycles. The van der Waals surface area contributed by atoms with Crippen LogP contribution in [-0.2, 0) is 65.4 Å². The first-order valence-electron chi connectivity index (χ1n) is 31.5. The van der Waals surface area contributed by atoms with Crippen molar-refractivity contribution in [2.45, 2.75) is 310 Å². The molecule has 3 N–H and O–H groups in total. The zero-order valence-electron chi connectivity index (χ0n) is 50.7. The fraction of sp³-hybridized carbons (Fsp3) is 0.933. The van der Waals surface area contributed by atoms with E-state index in [1.54, 1.807) is 0 Å². The Bertz CT molecular complexity index is 1560. The number of aliphatic hydroxyl groups is 1. The summed E-state index contributed by atoms with van der Waals surface area (Å²) < 4.78 is 67.6. The van der Waals surface area contributed by atoms with E-state index in [9.17, 15) is 43.2 Å². The summed E-state index contributed by atoms with van der Waals surface area (Å²) in [4.78, 5) is 71.7. The largest absolute Gasteiger partial charge is 0.472 e. The van der Waals surface area contributed by atoms with Gasteiger partial charge in [-0.2, -0.15) is 0 Å². The van der Waals surface area contributed by atoms with Crippen LogP contribution in [0.2, 0.25) is 0 Å². The van der Waals surface area contributed by atoms with Gasteiger partial charge in [-0.05, 0) is 37.5 Å². The van der Waals surface area contributed by atoms with Crippen molar-refractivity contribution in [2.75, 3.05) is 39.6 Å². The van der Waals surface area contributed by atoms with Crippen LogP contribution in [-0.4, -0.2) is 96.7 Å². The van der Waals surface area contributed by atoms with Gasteiger partial charge < -0.3 is 33.8 Å². The average Bonchev–Trinajstić information content (AvgIpc) is 3.40. The van der Waals surface area contributed by atoms with Crippen molar-refractivity contribution in [3.8, 4) is 0 Å². The molecule has 0 aliphatic heterocycles. The Morgan fingerprint density at radius 2 is 0.582 bits per heavy atom. The van der Waals surface area contributed by atoms with Gasteiger partial charge in [0.25, 0.3) is 0 Å². The van der Waals surface area contributed by atoms with Crippen LogP contribution in [0.15, 0.2) is 0 Å². The number of aliphatic hydroxyl groups excluding tert-OH is 1. The van der Waals surface area contributed by atoms with Crippen LogP contribution >= 0.6 is 15.6 Å². The van der Waals surface area contributed by atoms with Gasteiger partial charge in [0.15, 0.2) is 12.2 Å². The molecular formula is C60H116O17P2. The summed E-state index contributed by atoms with van der Waals surface area (Å²) in [5.74, 6) is -0.656. The summed E-state index contributed by atoms with van der Waals surface area (Å²) in [7, 11) is -9.87. The number of hydrogen-bond acceptors (Lipinski definition) is 15. The van der Waals surface area contributed by atoms with Crippen LogP contribution in [0.4, 0.5) is 0 Å². The highest BCUT2D eigenvalue weighted by Crippen LogP contribution is 2.45. The number of hydrogen-bond donors (Lipinski definition) is 3. The zero-order valence-corrected chi connectivity index (χ0v) is 52.4.